The Labute approximate surface area is 168 Å². The largest absolute Gasteiger partial charge is 0.361 e. The second kappa shape index (κ2) is 6.46. The smallest absolute Gasteiger partial charge is 0.326 e. The van der Waals surface area contributed by atoms with E-state index in [1.54, 1.807) is 0 Å². The fourth-order valence-corrected chi connectivity index (χ4v) is 5.87. The molecule has 2 atom stereocenters. The number of ketones is 1. The highest BCUT2D eigenvalue weighted by Crippen LogP contribution is 2.40. The maximum absolute atomic E-state index is 13.4. The summed E-state index contributed by atoms with van der Waals surface area (Å²) < 4.78 is 1.82. The van der Waals surface area contributed by atoms with E-state index in [4.69, 9.17) is 0 Å². The van der Waals surface area contributed by atoms with Crippen molar-refractivity contribution in [2.24, 2.45) is 11.8 Å². The Hall–Kier alpha value is -2.60. The standard InChI is InChI=1S/C23H26N4O2/c28-22-16-13-26(10-11-27-20-7-2-1-5-18(20)25-23(27)29)9-8-14(16)12-19-21(22)15-4-3-6-17(15)24-19/h1-2,5,7,14,16,24H,3-4,6,8-13H2,(H,25,29)/t14-,16+/m0/s1. The zero-order chi connectivity index (χ0) is 19.5. The Kier molecular flexibility index (Phi) is 3.85. The number of H-pyrrole nitrogens is 2. The number of benzene rings is 1. The summed E-state index contributed by atoms with van der Waals surface area (Å²) in [4.78, 5) is 34.6. The van der Waals surface area contributed by atoms with Crippen LogP contribution >= 0.6 is 0 Å². The number of Topliss-reactive ketones (excluding diaryl/α,β-unsaturated/α-hetero) is 1. The van der Waals surface area contributed by atoms with Crippen molar-refractivity contribution in [1.82, 2.24) is 19.4 Å². The first-order chi connectivity index (χ1) is 14.2. The third kappa shape index (κ3) is 2.65. The molecule has 3 aliphatic rings. The molecule has 2 aromatic heterocycles. The Bertz CT molecular complexity index is 1170. The molecule has 6 rings (SSSR count). The lowest BCUT2D eigenvalue weighted by Gasteiger charge is -2.40. The van der Waals surface area contributed by atoms with Crippen LogP contribution in [0.3, 0.4) is 0 Å². The van der Waals surface area contributed by atoms with E-state index >= 15 is 0 Å². The lowest BCUT2D eigenvalue weighted by molar-refractivity contribution is 0.0653. The molecule has 150 valence electrons. The van der Waals surface area contributed by atoms with Gasteiger partial charge in [0.1, 0.15) is 0 Å². The Morgan fingerprint density at radius 1 is 1.03 bits per heavy atom. The normalized spacial score (nSPS) is 23.9. The number of hydrogen-bond acceptors (Lipinski definition) is 3. The van der Waals surface area contributed by atoms with Gasteiger partial charge in [-0.05, 0) is 62.3 Å². The minimum Gasteiger partial charge on any atom is -0.361 e. The topological polar surface area (TPSA) is 73.9 Å². The number of likely N-dealkylation sites (tertiary alicyclic amines) is 1. The highest BCUT2D eigenvalue weighted by Gasteiger charge is 2.42. The number of fused-ring (bicyclic) bond motifs is 5. The van der Waals surface area contributed by atoms with Crippen molar-refractivity contribution in [3.8, 4) is 0 Å². The maximum Gasteiger partial charge on any atom is 0.326 e. The van der Waals surface area contributed by atoms with Gasteiger partial charge in [-0.1, -0.05) is 12.1 Å². The van der Waals surface area contributed by atoms with Gasteiger partial charge in [0.05, 0.1) is 11.0 Å². The van der Waals surface area contributed by atoms with Crippen molar-refractivity contribution < 1.29 is 4.79 Å². The van der Waals surface area contributed by atoms with E-state index in [2.05, 4.69) is 14.9 Å². The molecule has 3 heterocycles. The molecule has 0 saturated carbocycles. The summed E-state index contributed by atoms with van der Waals surface area (Å²) in [5.74, 6) is 0.932. The summed E-state index contributed by atoms with van der Waals surface area (Å²) >= 11 is 0. The van der Waals surface area contributed by atoms with Crippen LogP contribution in [-0.2, 0) is 25.8 Å². The number of aryl methyl sites for hydroxylation is 1. The van der Waals surface area contributed by atoms with Crippen LogP contribution in [0.4, 0.5) is 0 Å². The van der Waals surface area contributed by atoms with Crippen molar-refractivity contribution >= 4 is 16.8 Å². The van der Waals surface area contributed by atoms with E-state index in [9.17, 15) is 9.59 Å². The van der Waals surface area contributed by atoms with Crippen LogP contribution < -0.4 is 5.69 Å². The van der Waals surface area contributed by atoms with Crippen LogP contribution in [0.1, 0.15) is 40.2 Å². The third-order valence-electron chi connectivity index (χ3n) is 7.33. The molecule has 0 radical (unpaired) electrons. The summed E-state index contributed by atoms with van der Waals surface area (Å²) in [6.45, 7) is 3.27. The Morgan fingerprint density at radius 3 is 2.86 bits per heavy atom. The number of imidazole rings is 1. The average Bonchev–Trinajstić information content (AvgIpc) is 3.39. The molecule has 0 bridgehead atoms. The van der Waals surface area contributed by atoms with Crippen molar-refractivity contribution in [3.63, 3.8) is 0 Å². The molecule has 1 fully saturated rings. The summed E-state index contributed by atoms with van der Waals surface area (Å²) in [5.41, 5.74) is 6.65. The summed E-state index contributed by atoms with van der Waals surface area (Å²) in [6.07, 6.45) is 5.39. The fraction of sp³-hybridized carbons (Fsp3) is 0.478. The number of aromatic amines is 2. The predicted octanol–water partition coefficient (Wildman–Crippen LogP) is 2.52. The maximum atomic E-state index is 13.4. The van der Waals surface area contributed by atoms with Crippen LogP contribution in [-0.4, -0.2) is 44.9 Å². The molecule has 29 heavy (non-hydrogen) atoms. The van der Waals surface area contributed by atoms with E-state index in [1.165, 1.54) is 23.4 Å². The number of carbonyl (C=O) groups excluding carboxylic acids is 1. The minimum absolute atomic E-state index is 0.0534. The highest BCUT2D eigenvalue weighted by molar-refractivity contribution is 6.02. The van der Waals surface area contributed by atoms with E-state index in [1.807, 2.05) is 28.8 Å². The molecule has 1 aliphatic heterocycles. The van der Waals surface area contributed by atoms with Gasteiger partial charge in [0.15, 0.2) is 5.78 Å². The molecule has 6 nitrogen and oxygen atoms in total. The zero-order valence-electron chi connectivity index (χ0n) is 16.5. The first kappa shape index (κ1) is 17.3. The highest BCUT2D eigenvalue weighted by atomic mass is 16.1. The van der Waals surface area contributed by atoms with Gasteiger partial charge >= 0.3 is 5.69 Å². The summed E-state index contributed by atoms with van der Waals surface area (Å²) in [6, 6.07) is 7.82. The second-order valence-corrected chi connectivity index (χ2v) is 8.91. The SMILES string of the molecule is O=C1c2c([nH]c3c2CCC3)C[C@@H]2CCN(CCn3c(=O)[nH]c4ccccc43)C[C@@H]12. The van der Waals surface area contributed by atoms with Crippen LogP contribution in [0.15, 0.2) is 29.1 Å². The van der Waals surface area contributed by atoms with Crippen LogP contribution in [0, 0.1) is 11.8 Å². The van der Waals surface area contributed by atoms with Gasteiger partial charge in [0, 0.05) is 42.5 Å². The van der Waals surface area contributed by atoms with Crippen LogP contribution in [0.25, 0.3) is 11.0 Å². The molecule has 2 aliphatic carbocycles. The number of hydrogen-bond donors (Lipinski definition) is 2. The number of nitrogens with one attached hydrogen (secondary N) is 2. The van der Waals surface area contributed by atoms with E-state index in [-0.39, 0.29) is 11.6 Å². The van der Waals surface area contributed by atoms with Crippen molar-refractivity contribution in [1.29, 1.82) is 0 Å². The number of para-hydroxylation sites is 2. The quantitative estimate of drug-likeness (QED) is 0.722. The molecular formula is C23H26N4O2. The number of piperidine rings is 1. The lowest BCUT2D eigenvalue weighted by Crippen LogP contribution is -2.47. The van der Waals surface area contributed by atoms with Crippen LogP contribution in [0.2, 0.25) is 0 Å². The van der Waals surface area contributed by atoms with Gasteiger partial charge < -0.3 is 14.9 Å². The number of aromatic nitrogens is 3. The first-order valence-electron chi connectivity index (χ1n) is 10.9. The van der Waals surface area contributed by atoms with Gasteiger partial charge in [-0.15, -0.1) is 0 Å². The molecule has 1 saturated heterocycles. The molecule has 0 unspecified atom stereocenters. The number of nitrogens with zero attached hydrogens (tertiary/aromatic N) is 2. The summed E-state index contributed by atoms with van der Waals surface area (Å²) in [7, 11) is 0. The van der Waals surface area contributed by atoms with Crippen LogP contribution in [0.5, 0.6) is 0 Å². The molecule has 0 amide bonds. The minimum atomic E-state index is -0.0534. The zero-order valence-corrected chi connectivity index (χ0v) is 16.5. The van der Waals surface area contributed by atoms with E-state index < -0.39 is 0 Å². The van der Waals surface area contributed by atoms with Crippen molar-refractivity contribution in [3.05, 3.63) is 57.3 Å². The molecular weight excluding hydrogens is 364 g/mol. The molecule has 3 aromatic rings. The Morgan fingerprint density at radius 2 is 1.93 bits per heavy atom. The van der Waals surface area contributed by atoms with E-state index in [0.29, 0.717) is 18.2 Å². The van der Waals surface area contributed by atoms with Gasteiger partial charge in [-0.3, -0.25) is 9.36 Å². The third-order valence-corrected chi connectivity index (χ3v) is 7.33. The first-order valence-corrected chi connectivity index (χ1v) is 10.9. The van der Waals surface area contributed by atoms with Crippen molar-refractivity contribution in [2.75, 3.05) is 19.6 Å². The van der Waals surface area contributed by atoms with Gasteiger partial charge in [0.25, 0.3) is 0 Å². The predicted molar refractivity (Wildman–Crippen MR) is 111 cm³/mol. The lowest BCUT2D eigenvalue weighted by atomic mass is 9.72. The molecule has 1 aromatic carbocycles. The number of rotatable bonds is 3. The molecule has 0 spiro atoms. The average molecular weight is 390 g/mol. The second-order valence-electron chi connectivity index (χ2n) is 8.91. The van der Waals surface area contributed by atoms with Gasteiger partial charge in [-0.2, -0.15) is 0 Å². The Balaban J connectivity index is 1.20. The van der Waals surface area contributed by atoms with Gasteiger partial charge in [-0.25, -0.2) is 4.79 Å². The number of carbonyl (C=O) groups is 1. The molecule has 6 heteroatoms. The fourth-order valence-electron chi connectivity index (χ4n) is 5.87. The molecule has 2 N–H and O–H groups in total. The summed E-state index contributed by atoms with van der Waals surface area (Å²) in [5, 5.41) is 0. The van der Waals surface area contributed by atoms with E-state index in [0.717, 1.165) is 61.9 Å². The monoisotopic (exact) mass is 390 g/mol. The van der Waals surface area contributed by atoms with Crippen molar-refractivity contribution in [2.45, 2.75) is 38.6 Å². The van der Waals surface area contributed by atoms with Gasteiger partial charge in [0.2, 0.25) is 0 Å².